The molecule has 0 aromatic rings. The summed E-state index contributed by atoms with van der Waals surface area (Å²) < 4.78 is 13.5. The van der Waals surface area contributed by atoms with Crippen LogP contribution in [-0.4, -0.2) is 74.3 Å². The quantitative estimate of drug-likeness (QED) is 0.279. The number of hydrogen-bond donors (Lipinski definition) is 3. The Bertz CT molecular complexity index is 550. The molecule has 0 radical (unpaired) electrons. The Hall–Kier alpha value is -2.69. The molecule has 0 heterocycles. The summed E-state index contributed by atoms with van der Waals surface area (Å²) in [4.78, 5) is 58.0. The van der Waals surface area contributed by atoms with Crippen molar-refractivity contribution in [3.8, 4) is 0 Å². The van der Waals surface area contributed by atoms with Crippen LogP contribution in [0.3, 0.4) is 0 Å². The first-order valence-electron chi connectivity index (χ1n) is 8.14. The molecule has 2 amide bonds. The van der Waals surface area contributed by atoms with Gasteiger partial charge in [-0.25, -0.2) is 9.59 Å². The molecule has 11 nitrogen and oxygen atoms in total. The highest BCUT2D eigenvalue weighted by atomic mass is 16.5. The molecule has 0 saturated carbocycles. The minimum Gasteiger partial charge on any atom is -0.469 e. The number of aliphatic hydroxyl groups excluding tert-OH is 1. The number of methoxy groups -OCH3 is 3. The van der Waals surface area contributed by atoms with Gasteiger partial charge in [-0.15, -0.1) is 0 Å². The SMILES string of the molecule is COC(=O)C[C@H](NC(C)=O)C(=O)N[C@@H](CCCC(O)C(=O)OC)C(=O)OC. The van der Waals surface area contributed by atoms with E-state index in [1.807, 2.05) is 0 Å². The van der Waals surface area contributed by atoms with E-state index in [2.05, 4.69) is 24.8 Å². The number of ether oxygens (including phenoxy) is 3. The van der Waals surface area contributed by atoms with Gasteiger partial charge in [0.25, 0.3) is 0 Å². The van der Waals surface area contributed by atoms with Crippen molar-refractivity contribution in [1.29, 1.82) is 0 Å². The average Bonchev–Trinajstić information content (AvgIpc) is 2.64. The first-order valence-corrected chi connectivity index (χ1v) is 8.14. The van der Waals surface area contributed by atoms with Crippen LogP contribution in [0.25, 0.3) is 0 Å². The van der Waals surface area contributed by atoms with Crippen LogP contribution < -0.4 is 10.6 Å². The van der Waals surface area contributed by atoms with E-state index < -0.39 is 54.3 Å². The highest BCUT2D eigenvalue weighted by Crippen LogP contribution is 2.08. The van der Waals surface area contributed by atoms with Crippen molar-refractivity contribution in [1.82, 2.24) is 10.6 Å². The zero-order valence-corrected chi connectivity index (χ0v) is 15.8. The van der Waals surface area contributed by atoms with Gasteiger partial charge < -0.3 is 30.0 Å². The van der Waals surface area contributed by atoms with Crippen LogP contribution in [0.5, 0.6) is 0 Å². The van der Waals surface area contributed by atoms with Crippen molar-refractivity contribution >= 4 is 29.7 Å². The number of amides is 2. The van der Waals surface area contributed by atoms with E-state index in [0.29, 0.717) is 0 Å². The number of carbonyl (C=O) groups excluding carboxylic acids is 5. The Balaban J connectivity index is 4.94. The maximum atomic E-state index is 12.3. The van der Waals surface area contributed by atoms with E-state index in [-0.39, 0.29) is 19.3 Å². The molecule has 0 aliphatic heterocycles. The van der Waals surface area contributed by atoms with Crippen LogP contribution >= 0.6 is 0 Å². The molecule has 0 aromatic carbocycles. The lowest BCUT2D eigenvalue weighted by Crippen LogP contribution is -2.52. The molecule has 0 fully saturated rings. The Morgan fingerprint density at radius 2 is 1.44 bits per heavy atom. The molecule has 0 rings (SSSR count). The number of aliphatic hydroxyl groups is 1. The van der Waals surface area contributed by atoms with Gasteiger partial charge in [0.15, 0.2) is 6.10 Å². The summed E-state index contributed by atoms with van der Waals surface area (Å²) in [6.07, 6.45) is -1.52. The minimum atomic E-state index is -1.35. The maximum absolute atomic E-state index is 12.3. The second-order valence-corrected chi connectivity index (χ2v) is 5.59. The van der Waals surface area contributed by atoms with Crippen molar-refractivity contribution in [3.05, 3.63) is 0 Å². The molecular weight excluding hydrogens is 364 g/mol. The van der Waals surface area contributed by atoms with E-state index >= 15 is 0 Å². The third kappa shape index (κ3) is 9.54. The normalized spacial score (nSPS) is 13.5. The Morgan fingerprint density at radius 1 is 0.852 bits per heavy atom. The molecular formula is C16H26N2O9. The summed E-state index contributed by atoms with van der Waals surface area (Å²) in [6, 6.07) is -2.33. The monoisotopic (exact) mass is 390 g/mol. The standard InChI is InChI=1S/C16H26N2O9/c1-9(19)17-11(8-13(21)25-2)14(22)18-10(15(23)26-3)6-5-7-12(20)16(24)27-4/h10-12,20H,5-8H2,1-4H3,(H,17,19)(H,18,22)/t10-,11-,12?/m0/s1. The Labute approximate surface area is 156 Å². The van der Waals surface area contributed by atoms with Gasteiger partial charge in [0.05, 0.1) is 27.8 Å². The number of rotatable bonds is 11. The van der Waals surface area contributed by atoms with Crippen LogP contribution in [0, 0.1) is 0 Å². The molecule has 3 N–H and O–H groups in total. The minimum absolute atomic E-state index is 0.00727. The number of hydrogen-bond acceptors (Lipinski definition) is 9. The van der Waals surface area contributed by atoms with Gasteiger partial charge in [-0.05, 0) is 19.3 Å². The summed E-state index contributed by atoms with van der Waals surface area (Å²) in [5.74, 6) is -3.61. The second-order valence-electron chi connectivity index (χ2n) is 5.59. The number of carbonyl (C=O) groups is 5. The smallest absolute Gasteiger partial charge is 0.334 e. The zero-order valence-electron chi connectivity index (χ0n) is 15.8. The molecule has 154 valence electrons. The lowest BCUT2D eigenvalue weighted by molar-refractivity contribution is -0.150. The van der Waals surface area contributed by atoms with Gasteiger partial charge in [-0.2, -0.15) is 0 Å². The van der Waals surface area contributed by atoms with Crippen molar-refractivity contribution in [2.24, 2.45) is 0 Å². The van der Waals surface area contributed by atoms with Crippen LogP contribution in [0.4, 0.5) is 0 Å². The summed E-state index contributed by atoms with van der Waals surface area (Å²) in [7, 11) is 3.39. The van der Waals surface area contributed by atoms with Crippen LogP contribution in [-0.2, 0) is 38.2 Å². The number of esters is 3. The summed E-state index contributed by atoms with van der Waals surface area (Å²) in [6.45, 7) is 1.17. The van der Waals surface area contributed by atoms with Gasteiger partial charge in [0, 0.05) is 6.92 Å². The highest BCUT2D eigenvalue weighted by molar-refractivity contribution is 5.92. The van der Waals surface area contributed by atoms with Gasteiger partial charge in [-0.1, -0.05) is 0 Å². The highest BCUT2D eigenvalue weighted by Gasteiger charge is 2.29. The first-order chi connectivity index (χ1) is 12.7. The molecule has 0 aliphatic rings. The van der Waals surface area contributed by atoms with Crippen LogP contribution in [0.2, 0.25) is 0 Å². The van der Waals surface area contributed by atoms with Gasteiger partial charge in [0.2, 0.25) is 11.8 Å². The third-order valence-electron chi connectivity index (χ3n) is 3.54. The van der Waals surface area contributed by atoms with E-state index in [9.17, 15) is 29.1 Å². The van der Waals surface area contributed by atoms with E-state index in [4.69, 9.17) is 0 Å². The van der Waals surface area contributed by atoms with Crippen molar-refractivity contribution < 1.29 is 43.3 Å². The topological polar surface area (TPSA) is 157 Å². The molecule has 0 aliphatic carbocycles. The lowest BCUT2D eigenvalue weighted by atomic mass is 10.1. The molecule has 3 atom stereocenters. The molecule has 1 unspecified atom stereocenters. The summed E-state index contributed by atoms with van der Waals surface area (Å²) in [5.41, 5.74) is 0. The Kier molecular flexibility index (Phi) is 11.4. The van der Waals surface area contributed by atoms with Crippen molar-refractivity contribution in [2.75, 3.05) is 21.3 Å². The molecule has 0 saturated heterocycles. The van der Waals surface area contributed by atoms with Gasteiger partial charge in [0.1, 0.15) is 12.1 Å². The summed E-state index contributed by atoms with van der Waals surface area (Å²) >= 11 is 0. The predicted octanol–water partition coefficient (Wildman–Crippen LogP) is -1.58. The predicted molar refractivity (Wildman–Crippen MR) is 90.1 cm³/mol. The zero-order chi connectivity index (χ0) is 21.0. The van der Waals surface area contributed by atoms with Crippen LogP contribution in [0.15, 0.2) is 0 Å². The molecule has 0 spiro atoms. The Morgan fingerprint density at radius 3 is 1.93 bits per heavy atom. The van der Waals surface area contributed by atoms with Gasteiger partial charge >= 0.3 is 17.9 Å². The fraction of sp³-hybridized carbons (Fsp3) is 0.688. The van der Waals surface area contributed by atoms with Crippen LogP contribution in [0.1, 0.15) is 32.6 Å². The molecule has 0 aromatic heterocycles. The maximum Gasteiger partial charge on any atom is 0.334 e. The lowest BCUT2D eigenvalue weighted by Gasteiger charge is -2.21. The molecule has 11 heteroatoms. The van der Waals surface area contributed by atoms with Gasteiger partial charge in [-0.3, -0.25) is 14.4 Å². The van der Waals surface area contributed by atoms with E-state index in [0.717, 1.165) is 21.3 Å². The third-order valence-corrected chi connectivity index (χ3v) is 3.54. The van der Waals surface area contributed by atoms with Crippen molar-refractivity contribution in [2.45, 2.75) is 50.8 Å². The largest absolute Gasteiger partial charge is 0.469 e. The summed E-state index contributed by atoms with van der Waals surface area (Å²) in [5, 5.41) is 14.2. The second kappa shape index (κ2) is 12.6. The molecule has 0 bridgehead atoms. The first kappa shape index (κ1) is 24.3. The molecule has 27 heavy (non-hydrogen) atoms. The fourth-order valence-electron chi connectivity index (χ4n) is 2.14. The number of nitrogens with one attached hydrogen (secondary N) is 2. The average molecular weight is 390 g/mol. The van der Waals surface area contributed by atoms with E-state index in [1.54, 1.807) is 0 Å². The van der Waals surface area contributed by atoms with E-state index in [1.165, 1.54) is 6.92 Å². The fourth-order valence-corrected chi connectivity index (χ4v) is 2.14. The van der Waals surface area contributed by atoms with Crippen molar-refractivity contribution in [3.63, 3.8) is 0 Å².